The first kappa shape index (κ1) is 19.9. The second kappa shape index (κ2) is 8.54. The number of ether oxygens (including phenoxy) is 1. The van der Waals surface area contributed by atoms with Crippen molar-refractivity contribution in [3.63, 3.8) is 0 Å². The number of rotatable bonds is 6. The van der Waals surface area contributed by atoms with Gasteiger partial charge in [0.15, 0.2) is 0 Å². The summed E-state index contributed by atoms with van der Waals surface area (Å²) in [6.45, 7) is 3.81. The van der Waals surface area contributed by atoms with Crippen LogP contribution >= 0.6 is 11.8 Å². The molecular weight excluding hydrogens is 398 g/mol. The number of carbonyl (C=O) groups is 1. The molecule has 7 nitrogen and oxygen atoms in total. The number of nitrogens with zero attached hydrogens (tertiary/aromatic N) is 4. The highest BCUT2D eigenvalue weighted by molar-refractivity contribution is 8.00. The molecule has 0 bridgehead atoms. The predicted octanol–water partition coefficient (Wildman–Crippen LogP) is 4.25. The van der Waals surface area contributed by atoms with Crippen LogP contribution in [0.5, 0.6) is 5.75 Å². The Kier molecular flexibility index (Phi) is 5.67. The maximum Gasteiger partial charge on any atom is 0.237 e. The monoisotopic (exact) mass is 419 g/mol. The van der Waals surface area contributed by atoms with Gasteiger partial charge in [0.2, 0.25) is 11.1 Å². The van der Waals surface area contributed by atoms with Crippen molar-refractivity contribution >= 4 is 34.1 Å². The fraction of sp³-hybridized carbons (Fsp3) is 0.182. The molecule has 0 unspecified atom stereocenters. The van der Waals surface area contributed by atoms with Crippen molar-refractivity contribution in [3.05, 3.63) is 66.2 Å². The topological polar surface area (TPSA) is 81.9 Å². The third-order valence-corrected chi connectivity index (χ3v) is 5.70. The average Bonchev–Trinajstić information content (AvgIpc) is 3.21. The Bertz CT molecular complexity index is 1210. The van der Waals surface area contributed by atoms with Gasteiger partial charge in [0.05, 0.1) is 12.4 Å². The molecule has 0 saturated heterocycles. The van der Waals surface area contributed by atoms with Gasteiger partial charge in [-0.1, -0.05) is 48.2 Å². The minimum absolute atomic E-state index is 0.124. The summed E-state index contributed by atoms with van der Waals surface area (Å²) >= 11 is 1.29. The molecule has 8 heteroatoms. The lowest BCUT2D eigenvalue weighted by molar-refractivity contribution is -0.115. The third-order valence-electron chi connectivity index (χ3n) is 4.67. The van der Waals surface area contributed by atoms with E-state index in [1.165, 1.54) is 11.8 Å². The van der Waals surface area contributed by atoms with Crippen molar-refractivity contribution < 1.29 is 9.53 Å². The number of thioether (sulfide) groups is 1. The van der Waals surface area contributed by atoms with Crippen LogP contribution < -0.4 is 10.1 Å². The van der Waals surface area contributed by atoms with Gasteiger partial charge in [-0.2, -0.15) is 4.68 Å². The number of hydrogen-bond acceptors (Lipinski definition) is 6. The molecule has 0 saturated carbocycles. The molecule has 4 aromatic rings. The van der Waals surface area contributed by atoms with Gasteiger partial charge in [0, 0.05) is 5.69 Å². The fourth-order valence-corrected chi connectivity index (χ4v) is 3.89. The van der Waals surface area contributed by atoms with Crippen LogP contribution in [0.25, 0.3) is 16.5 Å². The molecule has 30 heavy (non-hydrogen) atoms. The first-order chi connectivity index (χ1) is 14.5. The van der Waals surface area contributed by atoms with Crippen molar-refractivity contribution in [1.82, 2.24) is 20.2 Å². The van der Waals surface area contributed by atoms with Crippen molar-refractivity contribution in [3.8, 4) is 11.4 Å². The number of anilines is 1. The summed E-state index contributed by atoms with van der Waals surface area (Å²) < 4.78 is 7.03. The van der Waals surface area contributed by atoms with E-state index in [9.17, 15) is 4.79 Å². The Labute approximate surface area is 178 Å². The van der Waals surface area contributed by atoms with Gasteiger partial charge in [-0.05, 0) is 64.9 Å². The Morgan fingerprint density at radius 3 is 2.70 bits per heavy atom. The summed E-state index contributed by atoms with van der Waals surface area (Å²) in [6, 6.07) is 19.7. The number of tetrazole rings is 1. The molecule has 3 aromatic carbocycles. The maximum absolute atomic E-state index is 12.8. The van der Waals surface area contributed by atoms with E-state index in [-0.39, 0.29) is 5.91 Å². The number of methoxy groups -OCH3 is 1. The first-order valence-corrected chi connectivity index (χ1v) is 10.3. The molecule has 0 aliphatic heterocycles. The molecule has 1 heterocycles. The Morgan fingerprint density at radius 2 is 1.90 bits per heavy atom. The summed E-state index contributed by atoms with van der Waals surface area (Å²) in [6.07, 6.45) is 0. The van der Waals surface area contributed by atoms with E-state index < -0.39 is 5.25 Å². The van der Waals surface area contributed by atoms with Gasteiger partial charge >= 0.3 is 0 Å². The molecule has 0 spiro atoms. The Hall–Kier alpha value is -3.39. The van der Waals surface area contributed by atoms with Crippen molar-refractivity contribution in [1.29, 1.82) is 0 Å². The summed E-state index contributed by atoms with van der Waals surface area (Å²) in [5.74, 6) is 0.532. The molecular formula is C22H21N5O2S. The van der Waals surface area contributed by atoms with Crippen molar-refractivity contribution in [2.24, 2.45) is 0 Å². The summed E-state index contributed by atoms with van der Waals surface area (Å²) in [5, 5.41) is 17.3. The van der Waals surface area contributed by atoms with Crippen LogP contribution in [0.4, 0.5) is 5.69 Å². The molecule has 1 aromatic heterocycles. The number of aryl methyl sites for hydroxylation is 1. The molecule has 4 rings (SSSR count). The molecule has 1 atom stereocenters. The fourth-order valence-electron chi connectivity index (χ4n) is 3.09. The van der Waals surface area contributed by atoms with E-state index in [2.05, 4.69) is 20.8 Å². The van der Waals surface area contributed by atoms with Crippen LogP contribution in [0, 0.1) is 6.92 Å². The minimum atomic E-state index is -0.406. The van der Waals surface area contributed by atoms with E-state index in [0.717, 1.165) is 27.7 Å². The minimum Gasteiger partial charge on any atom is -0.494 e. The second-order valence-electron chi connectivity index (χ2n) is 6.86. The first-order valence-electron chi connectivity index (χ1n) is 9.45. The zero-order valence-corrected chi connectivity index (χ0v) is 17.7. The molecule has 0 radical (unpaired) electrons. The van der Waals surface area contributed by atoms with Crippen LogP contribution in [0.15, 0.2) is 65.8 Å². The van der Waals surface area contributed by atoms with E-state index in [0.29, 0.717) is 10.9 Å². The standard InChI is InChI=1S/C22H21N5O2S/c1-14-8-11-20(29-3)19(12-14)27-22(24-25-26-27)30-15(2)21(28)23-18-10-9-16-6-4-5-7-17(16)13-18/h4-13,15H,1-3H3,(H,23,28)/t15-/m1/s1. The number of benzene rings is 3. The van der Waals surface area contributed by atoms with Gasteiger partial charge in [-0.25, -0.2) is 0 Å². The maximum atomic E-state index is 12.8. The van der Waals surface area contributed by atoms with E-state index in [1.54, 1.807) is 11.8 Å². The summed E-state index contributed by atoms with van der Waals surface area (Å²) in [4.78, 5) is 12.8. The van der Waals surface area contributed by atoms with Gasteiger partial charge in [-0.3, -0.25) is 4.79 Å². The number of hydrogen-bond donors (Lipinski definition) is 1. The molecule has 152 valence electrons. The zero-order valence-electron chi connectivity index (χ0n) is 16.9. The van der Waals surface area contributed by atoms with Crippen LogP contribution in [0.1, 0.15) is 12.5 Å². The van der Waals surface area contributed by atoms with Gasteiger partial charge in [-0.15, -0.1) is 5.10 Å². The predicted molar refractivity (Wildman–Crippen MR) is 118 cm³/mol. The number of nitrogens with one attached hydrogen (secondary N) is 1. The van der Waals surface area contributed by atoms with Crippen LogP contribution in [-0.2, 0) is 4.79 Å². The quantitative estimate of drug-likeness (QED) is 0.471. The SMILES string of the molecule is COc1ccc(C)cc1-n1nnnc1S[C@H](C)C(=O)Nc1ccc2ccccc2c1. The summed E-state index contributed by atoms with van der Waals surface area (Å²) in [5.41, 5.74) is 2.54. The van der Waals surface area contributed by atoms with Crippen LogP contribution in [-0.4, -0.2) is 38.5 Å². The number of amides is 1. The van der Waals surface area contributed by atoms with E-state index >= 15 is 0 Å². The molecule has 0 fully saturated rings. The highest BCUT2D eigenvalue weighted by atomic mass is 32.2. The van der Waals surface area contributed by atoms with Crippen molar-refractivity contribution in [2.45, 2.75) is 24.3 Å². The molecule has 0 aliphatic rings. The highest BCUT2D eigenvalue weighted by Crippen LogP contribution is 2.29. The zero-order chi connectivity index (χ0) is 21.1. The van der Waals surface area contributed by atoms with Crippen molar-refractivity contribution in [2.75, 3.05) is 12.4 Å². The second-order valence-corrected chi connectivity index (χ2v) is 8.17. The number of carbonyl (C=O) groups excluding carboxylic acids is 1. The molecule has 0 aliphatic carbocycles. The highest BCUT2D eigenvalue weighted by Gasteiger charge is 2.21. The third kappa shape index (κ3) is 4.13. The average molecular weight is 420 g/mol. The molecule has 1 amide bonds. The van der Waals surface area contributed by atoms with Gasteiger partial charge in [0.25, 0.3) is 0 Å². The Balaban J connectivity index is 1.52. The summed E-state index contributed by atoms with van der Waals surface area (Å²) in [7, 11) is 1.60. The lowest BCUT2D eigenvalue weighted by Gasteiger charge is -2.13. The number of fused-ring (bicyclic) bond motifs is 1. The molecule has 1 N–H and O–H groups in total. The van der Waals surface area contributed by atoms with E-state index in [1.807, 2.05) is 74.5 Å². The van der Waals surface area contributed by atoms with Crippen LogP contribution in [0.3, 0.4) is 0 Å². The smallest absolute Gasteiger partial charge is 0.237 e. The largest absolute Gasteiger partial charge is 0.494 e. The lowest BCUT2D eigenvalue weighted by atomic mass is 10.1. The number of aromatic nitrogens is 4. The van der Waals surface area contributed by atoms with E-state index in [4.69, 9.17) is 4.74 Å². The van der Waals surface area contributed by atoms with Gasteiger partial charge < -0.3 is 10.1 Å². The normalized spacial score (nSPS) is 12.0. The van der Waals surface area contributed by atoms with Gasteiger partial charge in [0.1, 0.15) is 11.4 Å². The Morgan fingerprint density at radius 1 is 1.10 bits per heavy atom. The lowest BCUT2D eigenvalue weighted by Crippen LogP contribution is -2.23. The van der Waals surface area contributed by atoms with Crippen LogP contribution in [0.2, 0.25) is 0 Å².